The van der Waals surface area contributed by atoms with Crippen LogP contribution in [-0.4, -0.2) is 40.6 Å². The minimum atomic E-state index is 0. The smallest absolute Gasteiger partial charge is 0.274 e. The fraction of sp³-hybridized carbons (Fsp3) is 0.636. The molecule has 0 bridgehead atoms. The van der Waals surface area contributed by atoms with E-state index in [-0.39, 0.29) is 18.3 Å². The quantitative estimate of drug-likeness (QED) is 0.829. The Labute approximate surface area is 107 Å². The molecule has 1 aromatic rings. The minimum Gasteiger partial charge on any atom is -0.337 e. The van der Waals surface area contributed by atoms with Gasteiger partial charge in [-0.05, 0) is 38.3 Å². The molecule has 3 N–H and O–H groups in total. The van der Waals surface area contributed by atoms with Gasteiger partial charge in [-0.15, -0.1) is 12.4 Å². The fourth-order valence-corrected chi connectivity index (χ4v) is 2.06. The molecule has 0 unspecified atom stereocenters. The molecule has 1 aromatic heterocycles. The lowest BCUT2D eigenvalue weighted by molar-refractivity contribution is 0.0687. The van der Waals surface area contributed by atoms with Crippen molar-refractivity contribution in [3.63, 3.8) is 0 Å². The number of amides is 1. The summed E-state index contributed by atoms with van der Waals surface area (Å²) in [6.07, 6.45) is 2.01. The van der Waals surface area contributed by atoms with E-state index >= 15 is 0 Å². The lowest BCUT2D eigenvalue weighted by atomic mass is 9.97. The predicted octanol–water partition coefficient (Wildman–Crippen LogP) is 0.951. The van der Waals surface area contributed by atoms with E-state index in [1.165, 1.54) is 0 Å². The van der Waals surface area contributed by atoms with Gasteiger partial charge in [-0.2, -0.15) is 5.10 Å². The van der Waals surface area contributed by atoms with Crippen LogP contribution in [0.2, 0.25) is 0 Å². The highest BCUT2D eigenvalue weighted by atomic mass is 35.5. The highest BCUT2D eigenvalue weighted by Gasteiger charge is 2.23. The van der Waals surface area contributed by atoms with Gasteiger partial charge >= 0.3 is 0 Å². The van der Waals surface area contributed by atoms with E-state index in [4.69, 9.17) is 5.73 Å². The average Bonchev–Trinajstić information content (AvgIpc) is 2.75. The Morgan fingerprint density at radius 3 is 2.71 bits per heavy atom. The molecule has 6 heteroatoms. The molecule has 17 heavy (non-hydrogen) atoms. The Morgan fingerprint density at radius 2 is 2.24 bits per heavy atom. The van der Waals surface area contributed by atoms with Crippen LogP contribution in [0.5, 0.6) is 0 Å². The monoisotopic (exact) mass is 258 g/mol. The molecular weight excluding hydrogens is 240 g/mol. The number of aromatic amines is 1. The van der Waals surface area contributed by atoms with E-state index in [2.05, 4.69) is 10.2 Å². The molecule has 0 aliphatic carbocycles. The average molecular weight is 259 g/mol. The van der Waals surface area contributed by atoms with Gasteiger partial charge in [-0.3, -0.25) is 9.89 Å². The molecule has 1 saturated heterocycles. The van der Waals surface area contributed by atoms with Crippen molar-refractivity contribution >= 4 is 18.3 Å². The first-order valence-corrected chi connectivity index (χ1v) is 5.72. The number of nitrogens with one attached hydrogen (secondary N) is 1. The summed E-state index contributed by atoms with van der Waals surface area (Å²) in [5, 5.41) is 6.78. The first-order valence-electron chi connectivity index (χ1n) is 5.72. The molecule has 0 atom stereocenters. The molecule has 1 fully saturated rings. The molecule has 0 spiro atoms. The van der Waals surface area contributed by atoms with Crippen LogP contribution in [0.25, 0.3) is 0 Å². The van der Waals surface area contributed by atoms with Crippen molar-refractivity contribution in [2.24, 2.45) is 11.7 Å². The van der Waals surface area contributed by atoms with Crippen LogP contribution in [-0.2, 0) is 0 Å². The van der Waals surface area contributed by atoms with Gasteiger partial charge in [0.2, 0.25) is 0 Å². The van der Waals surface area contributed by atoms with Gasteiger partial charge in [-0.25, -0.2) is 0 Å². The minimum absolute atomic E-state index is 0. The van der Waals surface area contributed by atoms with E-state index in [1.807, 2.05) is 11.8 Å². The van der Waals surface area contributed by atoms with Crippen molar-refractivity contribution < 1.29 is 4.79 Å². The number of halogens is 1. The van der Waals surface area contributed by atoms with E-state index in [0.29, 0.717) is 11.6 Å². The normalized spacial score (nSPS) is 16.7. The number of nitrogens with two attached hydrogens (primary N) is 1. The van der Waals surface area contributed by atoms with Crippen LogP contribution in [0.1, 0.15) is 29.0 Å². The highest BCUT2D eigenvalue weighted by molar-refractivity contribution is 5.92. The number of likely N-dealkylation sites (tertiary alicyclic amines) is 1. The first kappa shape index (κ1) is 14.0. The Kier molecular flexibility index (Phi) is 4.96. The van der Waals surface area contributed by atoms with Gasteiger partial charge in [0.25, 0.3) is 5.91 Å². The van der Waals surface area contributed by atoms with Crippen LogP contribution in [0.15, 0.2) is 6.07 Å². The Morgan fingerprint density at radius 1 is 1.59 bits per heavy atom. The molecule has 1 aliphatic heterocycles. The fourth-order valence-electron chi connectivity index (χ4n) is 2.06. The lowest BCUT2D eigenvalue weighted by Gasteiger charge is -2.30. The number of carbonyl (C=O) groups is 1. The Hall–Kier alpha value is -1.07. The maximum atomic E-state index is 12.0. The van der Waals surface area contributed by atoms with Crippen molar-refractivity contribution in [3.05, 3.63) is 17.5 Å². The number of aromatic nitrogens is 2. The summed E-state index contributed by atoms with van der Waals surface area (Å²) in [6.45, 7) is 4.22. The second-order valence-corrected chi connectivity index (χ2v) is 4.41. The summed E-state index contributed by atoms with van der Waals surface area (Å²) < 4.78 is 0. The molecule has 2 rings (SSSR count). The molecule has 1 amide bonds. The number of aryl methyl sites for hydroxylation is 1. The molecule has 5 nitrogen and oxygen atoms in total. The number of hydrogen-bond acceptors (Lipinski definition) is 3. The lowest BCUT2D eigenvalue weighted by Crippen LogP contribution is -2.40. The van der Waals surface area contributed by atoms with Crippen molar-refractivity contribution in [2.45, 2.75) is 19.8 Å². The zero-order valence-electron chi connectivity index (χ0n) is 9.98. The van der Waals surface area contributed by atoms with Gasteiger partial charge in [0.1, 0.15) is 5.69 Å². The molecule has 2 heterocycles. The summed E-state index contributed by atoms with van der Waals surface area (Å²) in [6, 6.07) is 1.79. The second-order valence-electron chi connectivity index (χ2n) is 4.41. The third-order valence-corrected chi connectivity index (χ3v) is 3.16. The zero-order chi connectivity index (χ0) is 11.5. The van der Waals surface area contributed by atoms with Crippen LogP contribution < -0.4 is 5.73 Å². The number of carbonyl (C=O) groups excluding carboxylic acids is 1. The Bertz CT molecular complexity index is 371. The third kappa shape index (κ3) is 3.20. The van der Waals surface area contributed by atoms with Crippen LogP contribution in [0.4, 0.5) is 0 Å². The van der Waals surface area contributed by atoms with Crippen molar-refractivity contribution in [1.82, 2.24) is 15.1 Å². The molecule has 0 aromatic carbocycles. The van der Waals surface area contributed by atoms with E-state index in [1.54, 1.807) is 6.07 Å². The summed E-state index contributed by atoms with van der Waals surface area (Å²) >= 11 is 0. The largest absolute Gasteiger partial charge is 0.337 e. The van der Waals surface area contributed by atoms with E-state index in [9.17, 15) is 4.79 Å². The summed E-state index contributed by atoms with van der Waals surface area (Å²) in [5.41, 5.74) is 7.05. The van der Waals surface area contributed by atoms with Gasteiger partial charge in [0, 0.05) is 18.8 Å². The van der Waals surface area contributed by atoms with E-state index in [0.717, 1.165) is 38.2 Å². The molecule has 1 aliphatic rings. The summed E-state index contributed by atoms with van der Waals surface area (Å²) in [4.78, 5) is 13.9. The zero-order valence-corrected chi connectivity index (χ0v) is 10.8. The summed E-state index contributed by atoms with van der Waals surface area (Å²) in [7, 11) is 0. The number of nitrogens with zero attached hydrogens (tertiary/aromatic N) is 2. The van der Waals surface area contributed by atoms with Crippen LogP contribution >= 0.6 is 12.4 Å². The van der Waals surface area contributed by atoms with Crippen molar-refractivity contribution in [1.29, 1.82) is 0 Å². The number of piperidine rings is 1. The standard InChI is InChI=1S/C11H18N4O.ClH/c1-8-6-10(14-13-8)11(16)15-4-2-9(7-12)3-5-15;/h6,9H,2-5,7,12H2,1H3,(H,13,14);1H. The maximum Gasteiger partial charge on any atom is 0.274 e. The van der Waals surface area contributed by atoms with Gasteiger partial charge < -0.3 is 10.6 Å². The predicted molar refractivity (Wildman–Crippen MR) is 68.3 cm³/mol. The number of rotatable bonds is 2. The number of hydrogen-bond donors (Lipinski definition) is 2. The summed E-state index contributed by atoms with van der Waals surface area (Å²) in [5.74, 6) is 0.602. The molecule has 0 saturated carbocycles. The van der Waals surface area contributed by atoms with Gasteiger partial charge in [0.15, 0.2) is 0 Å². The van der Waals surface area contributed by atoms with Crippen molar-refractivity contribution in [2.75, 3.05) is 19.6 Å². The maximum absolute atomic E-state index is 12.0. The third-order valence-electron chi connectivity index (χ3n) is 3.16. The van der Waals surface area contributed by atoms with Gasteiger partial charge in [-0.1, -0.05) is 0 Å². The number of H-pyrrole nitrogens is 1. The SMILES string of the molecule is Cc1cc(C(=O)N2CCC(CN)CC2)n[nH]1.Cl. The molecular formula is C11H19ClN4O. The van der Waals surface area contributed by atoms with Crippen molar-refractivity contribution in [3.8, 4) is 0 Å². The second kappa shape index (κ2) is 6.02. The van der Waals surface area contributed by atoms with Gasteiger partial charge in [0.05, 0.1) is 0 Å². The van der Waals surface area contributed by atoms with E-state index < -0.39 is 0 Å². The van der Waals surface area contributed by atoms with Crippen LogP contribution in [0.3, 0.4) is 0 Å². The molecule has 96 valence electrons. The highest BCUT2D eigenvalue weighted by Crippen LogP contribution is 2.17. The van der Waals surface area contributed by atoms with Crippen LogP contribution in [0, 0.1) is 12.8 Å². The first-order chi connectivity index (χ1) is 7.70. The Balaban J connectivity index is 0.00000144. The topological polar surface area (TPSA) is 75.0 Å². The molecule has 0 radical (unpaired) electrons.